The molecule has 1 aromatic heterocycles. The van der Waals surface area contributed by atoms with E-state index in [1.807, 2.05) is 25.7 Å². The van der Waals surface area contributed by atoms with Crippen LogP contribution < -0.4 is 4.90 Å². The third kappa shape index (κ3) is 5.75. The van der Waals surface area contributed by atoms with Crippen LogP contribution in [0.5, 0.6) is 0 Å². The first kappa shape index (κ1) is 29.7. The normalized spacial score (nSPS) is 26.3. The summed E-state index contributed by atoms with van der Waals surface area (Å²) in [5, 5.41) is 0.855. The third-order valence-electron chi connectivity index (χ3n) is 10.3. The van der Waals surface area contributed by atoms with Gasteiger partial charge in [-0.15, -0.1) is 0 Å². The lowest BCUT2D eigenvalue weighted by Crippen LogP contribution is -2.57. The van der Waals surface area contributed by atoms with Gasteiger partial charge < -0.3 is 14.4 Å². The predicted molar refractivity (Wildman–Crippen MR) is 175 cm³/mol. The lowest BCUT2D eigenvalue weighted by atomic mass is 9.60. The van der Waals surface area contributed by atoms with Gasteiger partial charge in [-0.25, -0.2) is 14.8 Å². The lowest BCUT2D eigenvalue weighted by Gasteiger charge is -2.46. The van der Waals surface area contributed by atoms with Crippen LogP contribution in [0.4, 0.5) is 10.6 Å². The van der Waals surface area contributed by atoms with Crippen molar-refractivity contribution in [3.05, 3.63) is 70.1 Å². The van der Waals surface area contributed by atoms with Crippen LogP contribution in [0.2, 0.25) is 0 Å². The summed E-state index contributed by atoms with van der Waals surface area (Å²) in [5.41, 5.74) is 6.59. The topological polar surface area (TPSA) is 67.8 Å². The Morgan fingerprint density at radius 3 is 2.52 bits per heavy atom. The lowest BCUT2D eigenvalue weighted by molar-refractivity contribution is 0.0122. The molecule has 8 heteroatoms. The van der Waals surface area contributed by atoms with E-state index in [4.69, 9.17) is 19.4 Å². The highest BCUT2D eigenvalue weighted by atomic mass is 32.2. The van der Waals surface area contributed by atoms with Crippen molar-refractivity contribution < 1.29 is 14.3 Å². The Hall–Kier alpha value is -3.00. The molecule has 2 fully saturated rings. The second-order valence-corrected chi connectivity index (χ2v) is 15.1. The van der Waals surface area contributed by atoms with E-state index < -0.39 is 5.60 Å². The van der Waals surface area contributed by atoms with Gasteiger partial charge in [0, 0.05) is 30.5 Å². The number of amides is 1. The summed E-state index contributed by atoms with van der Waals surface area (Å²) in [6, 6.07) is 10.8. The number of thioether (sulfide) groups is 1. The second kappa shape index (κ2) is 11.7. The molecule has 1 amide bonds. The Labute approximate surface area is 266 Å². The van der Waals surface area contributed by atoms with Crippen LogP contribution in [0.15, 0.2) is 58.5 Å². The summed E-state index contributed by atoms with van der Waals surface area (Å²) in [6.45, 7) is 8.07. The van der Waals surface area contributed by atoms with Crippen LogP contribution in [-0.4, -0.2) is 58.0 Å². The van der Waals surface area contributed by atoms with Gasteiger partial charge in [-0.05, 0) is 102 Å². The maximum absolute atomic E-state index is 13.1. The van der Waals surface area contributed by atoms with E-state index in [1.54, 1.807) is 22.9 Å². The average molecular weight is 615 g/mol. The van der Waals surface area contributed by atoms with Crippen LogP contribution in [0.1, 0.15) is 89.0 Å². The number of anilines is 1. The molecule has 3 aliphatic carbocycles. The molecule has 2 bridgehead atoms. The molecule has 0 N–H and O–H groups in total. The molecule has 2 saturated heterocycles. The first-order chi connectivity index (χ1) is 21.2. The van der Waals surface area contributed by atoms with Crippen molar-refractivity contribution in [2.45, 2.75) is 114 Å². The summed E-state index contributed by atoms with van der Waals surface area (Å²) in [7, 11) is 0. The first-order valence-corrected chi connectivity index (χ1v) is 17.7. The standard InChI is InChI=1S/C36H46N4O3S/c1-35(2,3)43-34(41)40-26-13-14-27(40)22-39(21-26)32-29-16-18-36(20-31(29)37-33(38-32)44-4)17-8-11-25-12-15-28(19-30(25)36)42-23-24-9-6-5-7-10-24/h5-7,9-10,19,26-27H,8,11-18,20-23H2,1-4H3/t26-,27+,36?. The summed E-state index contributed by atoms with van der Waals surface area (Å²) >= 11 is 1.63. The molecule has 0 radical (unpaired) electrons. The Balaban J connectivity index is 1.14. The van der Waals surface area contributed by atoms with E-state index in [0.29, 0.717) is 6.61 Å². The highest BCUT2D eigenvalue weighted by Gasteiger charge is 2.47. The van der Waals surface area contributed by atoms with E-state index in [2.05, 4.69) is 47.6 Å². The Bertz CT molecular complexity index is 1470. The van der Waals surface area contributed by atoms with Gasteiger partial charge in [0.15, 0.2) is 5.16 Å². The molecule has 2 aromatic rings. The molecule has 3 atom stereocenters. The summed E-state index contributed by atoms with van der Waals surface area (Å²) in [5.74, 6) is 2.23. The van der Waals surface area contributed by atoms with Gasteiger partial charge in [0.1, 0.15) is 18.0 Å². The molecule has 5 aliphatic rings. The number of nitrogens with zero attached hydrogens (tertiary/aromatic N) is 4. The van der Waals surface area contributed by atoms with Gasteiger partial charge in [0.2, 0.25) is 0 Å². The van der Waals surface area contributed by atoms with Gasteiger partial charge in [0.05, 0.1) is 23.5 Å². The predicted octanol–water partition coefficient (Wildman–Crippen LogP) is 7.64. The highest BCUT2D eigenvalue weighted by Crippen LogP contribution is 2.53. The van der Waals surface area contributed by atoms with Gasteiger partial charge in [-0.3, -0.25) is 4.90 Å². The number of benzene rings is 1. The number of carbonyl (C=O) groups is 1. The van der Waals surface area contributed by atoms with Gasteiger partial charge in [-0.2, -0.15) is 0 Å². The van der Waals surface area contributed by atoms with Crippen LogP contribution >= 0.6 is 11.8 Å². The zero-order valence-corrected chi connectivity index (χ0v) is 27.5. The molecule has 7 nitrogen and oxygen atoms in total. The number of ether oxygens (including phenoxy) is 2. The van der Waals surface area contributed by atoms with Crippen molar-refractivity contribution >= 4 is 23.7 Å². The SMILES string of the molecule is CSc1nc2c(c(N3C[C@H]4CC[C@@H](C3)N4C(=O)OC(C)(C)C)n1)CCC1(CCCC3=C1C=C(OCc1ccccc1)CC3)C2. The highest BCUT2D eigenvalue weighted by molar-refractivity contribution is 7.98. The fraction of sp³-hybridized carbons (Fsp3) is 0.583. The molecule has 3 heterocycles. The monoisotopic (exact) mass is 614 g/mol. The fourth-order valence-electron chi connectivity index (χ4n) is 8.33. The number of allylic oxidation sites excluding steroid dienone is 4. The van der Waals surface area contributed by atoms with Crippen LogP contribution in [0.25, 0.3) is 0 Å². The van der Waals surface area contributed by atoms with Crippen molar-refractivity contribution in [2.75, 3.05) is 24.2 Å². The molecule has 234 valence electrons. The number of hydrogen-bond acceptors (Lipinski definition) is 7. The fourth-order valence-corrected chi connectivity index (χ4v) is 8.71. The molecular formula is C36H46N4O3S. The number of carbonyl (C=O) groups excluding carboxylic acids is 1. The molecule has 0 saturated carbocycles. The van der Waals surface area contributed by atoms with Crippen molar-refractivity contribution in [2.24, 2.45) is 5.41 Å². The van der Waals surface area contributed by atoms with Crippen molar-refractivity contribution in [1.82, 2.24) is 14.9 Å². The van der Waals surface area contributed by atoms with Crippen LogP contribution in [-0.2, 0) is 28.9 Å². The number of rotatable bonds is 5. The molecule has 1 unspecified atom stereocenters. The Kier molecular flexibility index (Phi) is 7.92. The zero-order valence-electron chi connectivity index (χ0n) is 26.7. The second-order valence-electron chi connectivity index (χ2n) is 14.3. The maximum Gasteiger partial charge on any atom is 0.410 e. The van der Waals surface area contributed by atoms with Crippen molar-refractivity contribution in [3.63, 3.8) is 0 Å². The van der Waals surface area contributed by atoms with Gasteiger partial charge in [0.25, 0.3) is 0 Å². The van der Waals surface area contributed by atoms with Crippen LogP contribution in [0, 0.1) is 5.41 Å². The van der Waals surface area contributed by atoms with E-state index in [1.165, 1.54) is 36.1 Å². The van der Waals surface area contributed by atoms with E-state index in [0.717, 1.165) is 74.8 Å². The largest absolute Gasteiger partial charge is 0.493 e. The van der Waals surface area contributed by atoms with E-state index in [9.17, 15) is 4.79 Å². The summed E-state index contributed by atoms with van der Waals surface area (Å²) in [6.07, 6.45) is 15.2. The molecular weight excluding hydrogens is 568 g/mol. The molecule has 1 spiro atoms. The smallest absolute Gasteiger partial charge is 0.410 e. The summed E-state index contributed by atoms with van der Waals surface area (Å²) < 4.78 is 12.2. The average Bonchev–Trinajstić information content (AvgIpc) is 3.28. The number of fused-ring (bicyclic) bond motifs is 4. The van der Waals surface area contributed by atoms with Crippen LogP contribution in [0.3, 0.4) is 0 Å². The minimum absolute atomic E-state index is 0.123. The summed E-state index contributed by atoms with van der Waals surface area (Å²) in [4.78, 5) is 27.9. The molecule has 2 aliphatic heterocycles. The zero-order chi connectivity index (χ0) is 30.5. The maximum atomic E-state index is 13.1. The Morgan fingerprint density at radius 1 is 1.02 bits per heavy atom. The molecule has 44 heavy (non-hydrogen) atoms. The third-order valence-corrected chi connectivity index (χ3v) is 10.9. The molecule has 1 aromatic carbocycles. The van der Waals surface area contributed by atoms with Crippen molar-refractivity contribution in [1.29, 1.82) is 0 Å². The first-order valence-electron chi connectivity index (χ1n) is 16.5. The minimum Gasteiger partial charge on any atom is -0.493 e. The Morgan fingerprint density at radius 2 is 1.80 bits per heavy atom. The van der Waals surface area contributed by atoms with E-state index >= 15 is 0 Å². The van der Waals surface area contributed by atoms with E-state index in [-0.39, 0.29) is 23.6 Å². The number of hydrogen-bond donors (Lipinski definition) is 0. The van der Waals surface area contributed by atoms with Crippen molar-refractivity contribution in [3.8, 4) is 0 Å². The van der Waals surface area contributed by atoms with Gasteiger partial charge in [-0.1, -0.05) is 47.7 Å². The minimum atomic E-state index is -0.487. The number of piperazine rings is 1. The molecule has 7 rings (SSSR count). The quantitative estimate of drug-likeness (QED) is 0.253. The van der Waals surface area contributed by atoms with Gasteiger partial charge >= 0.3 is 6.09 Å². The number of aromatic nitrogens is 2.